The van der Waals surface area contributed by atoms with Gasteiger partial charge < -0.3 is 25.7 Å². The monoisotopic (exact) mass is 399 g/mol. The fourth-order valence-electron chi connectivity index (χ4n) is 4.62. The van der Waals surface area contributed by atoms with Gasteiger partial charge in [-0.1, -0.05) is 6.92 Å². The number of nitrogens with zero attached hydrogens (tertiary/aromatic N) is 1. The average Bonchev–Trinajstić information content (AvgIpc) is 3.28. The third kappa shape index (κ3) is 2.88. The van der Waals surface area contributed by atoms with Gasteiger partial charge in [-0.3, -0.25) is 4.79 Å². The Morgan fingerprint density at radius 2 is 2.19 bits per heavy atom. The molecule has 4 N–H and O–H groups in total. The van der Waals surface area contributed by atoms with Crippen molar-refractivity contribution in [3.8, 4) is 0 Å². The van der Waals surface area contributed by atoms with E-state index in [9.17, 15) is 19.8 Å². The molecule has 3 saturated heterocycles. The molecule has 3 fully saturated rings. The van der Waals surface area contributed by atoms with Crippen LogP contribution in [0.2, 0.25) is 0 Å². The molecule has 0 aromatic rings. The minimum absolute atomic E-state index is 0.0542. The fourth-order valence-corrected chi connectivity index (χ4v) is 7.27. The summed E-state index contributed by atoms with van der Waals surface area (Å²) in [4.78, 5) is 26.4. The van der Waals surface area contributed by atoms with Crippen LogP contribution in [-0.4, -0.2) is 74.6 Å². The predicted octanol–water partition coefficient (Wildman–Crippen LogP) is 0.266. The number of carboxylic acid groups (broad SMARTS) is 1. The van der Waals surface area contributed by atoms with Gasteiger partial charge in [-0.05, 0) is 13.3 Å². The Hall–Kier alpha value is -0.740. The molecule has 0 aromatic carbocycles. The number of aliphatic carboxylic acids is 1. The van der Waals surface area contributed by atoms with Crippen molar-refractivity contribution in [3.63, 3.8) is 0 Å². The average molecular weight is 400 g/mol. The third-order valence-corrected chi connectivity index (χ3v) is 8.65. The molecule has 0 spiro atoms. The van der Waals surface area contributed by atoms with E-state index in [0.717, 1.165) is 30.2 Å². The van der Waals surface area contributed by atoms with Crippen LogP contribution in [-0.2, 0) is 9.59 Å². The van der Waals surface area contributed by atoms with E-state index in [-0.39, 0.29) is 23.6 Å². The van der Waals surface area contributed by atoms with Crippen molar-refractivity contribution >= 4 is 35.4 Å². The van der Waals surface area contributed by atoms with E-state index in [0.29, 0.717) is 16.7 Å². The smallest absolute Gasteiger partial charge is 0.353 e. The van der Waals surface area contributed by atoms with Crippen molar-refractivity contribution in [3.05, 3.63) is 10.6 Å². The lowest BCUT2D eigenvalue weighted by atomic mass is 9.79. The number of nitrogens with one attached hydrogen (secondary N) is 2. The normalized spacial score (nSPS) is 40.7. The molecule has 3 unspecified atom stereocenters. The Morgan fingerprint density at radius 1 is 1.42 bits per heavy atom. The number of aliphatic hydroxyl groups excluding tert-OH is 1. The minimum Gasteiger partial charge on any atom is -0.477 e. The molecule has 0 aliphatic carbocycles. The fraction of sp³-hybridized carbons (Fsp3) is 0.765. The lowest BCUT2D eigenvalue weighted by Crippen LogP contribution is -2.63. The van der Waals surface area contributed by atoms with Gasteiger partial charge in [0, 0.05) is 41.0 Å². The highest BCUT2D eigenvalue weighted by molar-refractivity contribution is 8.03. The first-order valence-corrected chi connectivity index (χ1v) is 11.1. The van der Waals surface area contributed by atoms with E-state index >= 15 is 0 Å². The lowest BCUT2D eigenvalue weighted by molar-refractivity contribution is -0.163. The van der Waals surface area contributed by atoms with E-state index in [1.165, 1.54) is 4.90 Å². The van der Waals surface area contributed by atoms with Crippen LogP contribution in [0.5, 0.6) is 0 Å². The summed E-state index contributed by atoms with van der Waals surface area (Å²) in [7, 11) is 0. The molecule has 144 valence electrons. The van der Waals surface area contributed by atoms with Crippen LogP contribution in [0.4, 0.5) is 0 Å². The first-order chi connectivity index (χ1) is 12.4. The van der Waals surface area contributed by atoms with E-state index in [4.69, 9.17) is 0 Å². The summed E-state index contributed by atoms with van der Waals surface area (Å²) in [6.07, 6.45) is 0.227. The van der Waals surface area contributed by atoms with Crippen molar-refractivity contribution in [2.75, 3.05) is 18.8 Å². The van der Waals surface area contributed by atoms with Gasteiger partial charge in [-0.15, -0.1) is 23.5 Å². The number of carboxylic acids is 1. The number of carbonyl (C=O) groups excluding carboxylic acids is 1. The van der Waals surface area contributed by atoms with Gasteiger partial charge in [0.2, 0.25) is 5.91 Å². The number of thioether (sulfide) groups is 2. The van der Waals surface area contributed by atoms with Gasteiger partial charge in [0.05, 0.1) is 23.4 Å². The summed E-state index contributed by atoms with van der Waals surface area (Å²) >= 11 is 3.54. The summed E-state index contributed by atoms with van der Waals surface area (Å²) in [5.41, 5.74) is 0.131. The van der Waals surface area contributed by atoms with Gasteiger partial charge in [-0.2, -0.15) is 0 Å². The second kappa shape index (κ2) is 7.01. The van der Waals surface area contributed by atoms with Gasteiger partial charge >= 0.3 is 5.97 Å². The highest BCUT2D eigenvalue weighted by Crippen LogP contribution is 2.51. The topological polar surface area (TPSA) is 102 Å². The van der Waals surface area contributed by atoms with Gasteiger partial charge in [-0.25, -0.2) is 4.79 Å². The first kappa shape index (κ1) is 18.6. The molecule has 0 aromatic heterocycles. The number of rotatable bonds is 5. The van der Waals surface area contributed by atoms with Crippen LogP contribution in [0.25, 0.3) is 0 Å². The molecule has 0 saturated carbocycles. The summed E-state index contributed by atoms with van der Waals surface area (Å²) in [6.45, 7) is 5.47. The molecule has 4 aliphatic heterocycles. The maximum Gasteiger partial charge on any atom is 0.353 e. The van der Waals surface area contributed by atoms with E-state index < -0.39 is 18.0 Å². The summed E-state index contributed by atoms with van der Waals surface area (Å²) in [5.74, 6) is -0.730. The minimum atomic E-state index is -1.05. The third-order valence-electron chi connectivity index (χ3n) is 5.84. The van der Waals surface area contributed by atoms with Crippen LogP contribution in [0.15, 0.2) is 10.6 Å². The summed E-state index contributed by atoms with van der Waals surface area (Å²) in [5, 5.41) is 27.4. The van der Waals surface area contributed by atoms with Crippen LogP contribution < -0.4 is 10.6 Å². The Kier molecular flexibility index (Phi) is 5.02. The quantitative estimate of drug-likeness (QED) is 0.489. The second-order valence-corrected chi connectivity index (χ2v) is 10.1. The molecular weight excluding hydrogens is 374 g/mol. The Balaban J connectivity index is 1.50. The Bertz CT molecular complexity index is 650. The van der Waals surface area contributed by atoms with Crippen LogP contribution in [0.3, 0.4) is 0 Å². The second-order valence-electron chi connectivity index (χ2n) is 7.51. The van der Waals surface area contributed by atoms with Gasteiger partial charge in [0.25, 0.3) is 0 Å². The number of fused-ring (bicyclic) bond motifs is 1. The van der Waals surface area contributed by atoms with Crippen molar-refractivity contribution in [1.82, 2.24) is 15.5 Å². The summed E-state index contributed by atoms with van der Waals surface area (Å²) in [6, 6.07) is 0.169. The number of β-lactam (4-membered cyclic amide) rings is 1. The molecule has 9 heteroatoms. The predicted molar refractivity (Wildman–Crippen MR) is 102 cm³/mol. The zero-order chi connectivity index (χ0) is 18.6. The molecule has 7 nitrogen and oxygen atoms in total. The van der Waals surface area contributed by atoms with Crippen molar-refractivity contribution in [1.29, 1.82) is 0 Å². The number of carbonyl (C=O) groups is 2. The van der Waals surface area contributed by atoms with E-state index in [2.05, 4.69) is 10.6 Å². The van der Waals surface area contributed by atoms with Gasteiger partial charge in [0.1, 0.15) is 5.70 Å². The van der Waals surface area contributed by atoms with Crippen molar-refractivity contribution in [2.24, 2.45) is 11.8 Å². The Morgan fingerprint density at radius 3 is 2.81 bits per heavy atom. The zero-order valence-electron chi connectivity index (χ0n) is 14.8. The van der Waals surface area contributed by atoms with Crippen molar-refractivity contribution in [2.45, 2.75) is 49.1 Å². The maximum absolute atomic E-state index is 12.4. The molecule has 0 radical (unpaired) electrons. The molecule has 4 rings (SSSR count). The Labute approximate surface area is 161 Å². The molecule has 4 aliphatic rings. The number of amides is 1. The standard InChI is InChI=1S/C17H25N3O4S2/c1-7-12-11(8(2)21)16(22)20(12)13(17(23)24)14(7)26-9-5-10(19-6-9)15-18-3-4-25-15/h7-12,15,18-19,21H,3-6H2,1-2H3,(H,23,24)/t7-,8-,9+,10+,11?,12?,15?/m1/s1. The van der Waals surface area contributed by atoms with Crippen LogP contribution in [0, 0.1) is 11.8 Å². The highest BCUT2D eigenvalue weighted by Gasteiger charge is 2.60. The van der Waals surface area contributed by atoms with E-state index in [1.807, 2.05) is 18.7 Å². The maximum atomic E-state index is 12.4. The summed E-state index contributed by atoms with van der Waals surface area (Å²) < 4.78 is 0. The first-order valence-electron chi connectivity index (χ1n) is 9.13. The molecule has 0 bridgehead atoms. The number of hydrogen-bond donors (Lipinski definition) is 4. The number of aliphatic hydroxyl groups is 1. The number of hydrogen-bond acceptors (Lipinski definition) is 7. The molecular formula is C17H25N3O4S2. The molecule has 26 heavy (non-hydrogen) atoms. The molecule has 1 amide bonds. The largest absolute Gasteiger partial charge is 0.477 e. The SMILES string of the molecule is C[C@@H](O)C1C(=O)N2C(C(=O)O)=C(S[C@@H]3CN[C@H](C4NCCS4)C3)[C@H](C)C12. The van der Waals surface area contributed by atoms with E-state index in [1.54, 1.807) is 18.7 Å². The molecule has 4 heterocycles. The highest BCUT2D eigenvalue weighted by atomic mass is 32.2. The lowest BCUT2D eigenvalue weighted by Gasteiger charge is -2.46. The zero-order valence-corrected chi connectivity index (χ0v) is 16.5. The van der Waals surface area contributed by atoms with Crippen molar-refractivity contribution < 1.29 is 19.8 Å². The van der Waals surface area contributed by atoms with Crippen LogP contribution >= 0.6 is 23.5 Å². The van der Waals surface area contributed by atoms with Crippen LogP contribution in [0.1, 0.15) is 20.3 Å². The van der Waals surface area contributed by atoms with Gasteiger partial charge in [0.15, 0.2) is 0 Å². The molecule has 7 atom stereocenters.